The summed E-state index contributed by atoms with van der Waals surface area (Å²) < 4.78 is 0. The molecule has 2 saturated carbocycles. The summed E-state index contributed by atoms with van der Waals surface area (Å²) in [6, 6.07) is 0. The van der Waals surface area contributed by atoms with E-state index in [0.717, 1.165) is 11.5 Å². The van der Waals surface area contributed by atoms with Crippen molar-refractivity contribution < 1.29 is 0 Å². The molecular weight excluding hydrogens is 110 g/mol. The molecule has 1 aliphatic heterocycles. The van der Waals surface area contributed by atoms with Crippen LogP contribution in [0.5, 0.6) is 0 Å². The second-order valence-electron chi connectivity index (χ2n) is 4.05. The normalized spacial score (nSPS) is 43.3. The lowest BCUT2D eigenvalue weighted by molar-refractivity contribution is 0.471. The molecule has 0 amide bonds. The second kappa shape index (κ2) is 1.20. The molecule has 3 fully saturated rings. The average Bonchev–Trinajstić information content (AvgIpc) is 2.63. The highest BCUT2D eigenvalue weighted by Gasteiger charge is 2.61. The van der Waals surface area contributed by atoms with Gasteiger partial charge in [-0.1, -0.05) is 0 Å². The minimum Gasteiger partial charge on any atom is -0.294 e. The largest absolute Gasteiger partial charge is 0.294 e. The maximum absolute atomic E-state index is 2.69. The standard InChI is InChI=1S/C8H13N/c1-2-7(1)5-9-6-8(9)3-4-8/h7H,1-6H2. The van der Waals surface area contributed by atoms with Crippen molar-refractivity contribution in [2.45, 2.75) is 31.2 Å². The zero-order chi connectivity index (χ0) is 5.90. The smallest absolute Gasteiger partial charge is 0.0339 e. The van der Waals surface area contributed by atoms with Crippen molar-refractivity contribution in [3.8, 4) is 0 Å². The van der Waals surface area contributed by atoms with Gasteiger partial charge >= 0.3 is 0 Å². The molecule has 9 heavy (non-hydrogen) atoms. The second-order valence-corrected chi connectivity index (χ2v) is 4.05. The lowest BCUT2D eigenvalue weighted by Crippen LogP contribution is -2.05. The van der Waals surface area contributed by atoms with E-state index >= 15 is 0 Å². The first-order chi connectivity index (χ1) is 4.39. The first kappa shape index (κ1) is 4.73. The van der Waals surface area contributed by atoms with Crippen LogP contribution in [-0.4, -0.2) is 23.5 Å². The minimum absolute atomic E-state index is 0.822. The molecule has 3 rings (SSSR count). The van der Waals surface area contributed by atoms with E-state index in [9.17, 15) is 0 Å². The molecule has 1 unspecified atom stereocenters. The third-order valence-electron chi connectivity index (χ3n) is 3.06. The zero-order valence-corrected chi connectivity index (χ0v) is 5.77. The molecule has 1 saturated heterocycles. The van der Waals surface area contributed by atoms with Crippen LogP contribution in [0.15, 0.2) is 0 Å². The van der Waals surface area contributed by atoms with Crippen molar-refractivity contribution in [2.24, 2.45) is 5.92 Å². The molecule has 3 aliphatic rings. The van der Waals surface area contributed by atoms with E-state index in [1.165, 1.54) is 38.8 Å². The average molecular weight is 123 g/mol. The van der Waals surface area contributed by atoms with Crippen molar-refractivity contribution in [3.05, 3.63) is 0 Å². The Bertz CT molecular complexity index is 145. The van der Waals surface area contributed by atoms with Crippen molar-refractivity contribution in [1.82, 2.24) is 4.90 Å². The topological polar surface area (TPSA) is 3.01 Å². The Hall–Kier alpha value is -0.0400. The molecule has 0 aromatic rings. The Labute approximate surface area is 56.0 Å². The van der Waals surface area contributed by atoms with Gasteiger partial charge in [0.15, 0.2) is 0 Å². The summed E-state index contributed by atoms with van der Waals surface area (Å²) >= 11 is 0. The molecule has 2 aliphatic carbocycles. The van der Waals surface area contributed by atoms with Crippen LogP contribution in [0.3, 0.4) is 0 Å². The van der Waals surface area contributed by atoms with Gasteiger partial charge in [0.2, 0.25) is 0 Å². The Morgan fingerprint density at radius 1 is 1.33 bits per heavy atom. The van der Waals surface area contributed by atoms with E-state index in [0.29, 0.717) is 0 Å². The van der Waals surface area contributed by atoms with Gasteiger partial charge in [-0.25, -0.2) is 0 Å². The molecule has 1 atom stereocenters. The van der Waals surface area contributed by atoms with Crippen molar-refractivity contribution >= 4 is 0 Å². The van der Waals surface area contributed by atoms with Gasteiger partial charge in [-0.3, -0.25) is 4.90 Å². The van der Waals surface area contributed by atoms with Gasteiger partial charge in [0.25, 0.3) is 0 Å². The van der Waals surface area contributed by atoms with E-state index in [1.807, 2.05) is 0 Å². The molecule has 0 radical (unpaired) electrons. The fraction of sp³-hybridized carbons (Fsp3) is 1.00. The molecule has 0 aromatic heterocycles. The molecule has 0 aromatic carbocycles. The Morgan fingerprint density at radius 3 is 2.56 bits per heavy atom. The summed E-state index contributed by atoms with van der Waals surface area (Å²) in [4.78, 5) is 2.69. The summed E-state index contributed by atoms with van der Waals surface area (Å²) in [6.45, 7) is 2.89. The van der Waals surface area contributed by atoms with Crippen LogP contribution < -0.4 is 0 Å². The maximum Gasteiger partial charge on any atom is 0.0339 e. The van der Waals surface area contributed by atoms with Gasteiger partial charge in [-0.15, -0.1) is 0 Å². The van der Waals surface area contributed by atoms with E-state index < -0.39 is 0 Å². The van der Waals surface area contributed by atoms with Gasteiger partial charge < -0.3 is 0 Å². The van der Waals surface area contributed by atoms with Gasteiger partial charge in [0, 0.05) is 18.6 Å². The van der Waals surface area contributed by atoms with Gasteiger partial charge in [-0.05, 0) is 31.6 Å². The van der Waals surface area contributed by atoms with Crippen LogP contribution in [0, 0.1) is 5.92 Å². The SMILES string of the molecule is C1CC1CN1CC12CC2. The van der Waals surface area contributed by atoms with Crippen molar-refractivity contribution in [3.63, 3.8) is 0 Å². The fourth-order valence-corrected chi connectivity index (χ4v) is 1.81. The molecule has 1 heterocycles. The molecule has 0 bridgehead atoms. The highest BCUT2D eigenvalue weighted by atomic mass is 15.4. The van der Waals surface area contributed by atoms with E-state index in [1.54, 1.807) is 0 Å². The molecular formula is C8H13N. The van der Waals surface area contributed by atoms with Crippen LogP contribution in [0.25, 0.3) is 0 Å². The predicted octanol–water partition coefficient (Wildman–Crippen LogP) is 1.24. The summed E-state index contributed by atoms with van der Waals surface area (Å²) in [7, 11) is 0. The Kier molecular flexibility index (Phi) is 0.628. The first-order valence-electron chi connectivity index (χ1n) is 4.14. The van der Waals surface area contributed by atoms with E-state index in [2.05, 4.69) is 4.90 Å². The Balaban J connectivity index is 1.58. The predicted molar refractivity (Wildman–Crippen MR) is 36.3 cm³/mol. The summed E-state index contributed by atoms with van der Waals surface area (Å²) in [5.74, 6) is 1.12. The fourth-order valence-electron chi connectivity index (χ4n) is 1.81. The quantitative estimate of drug-likeness (QED) is 0.499. The Morgan fingerprint density at radius 2 is 2.11 bits per heavy atom. The molecule has 1 nitrogen and oxygen atoms in total. The van der Waals surface area contributed by atoms with Crippen LogP contribution >= 0.6 is 0 Å². The number of nitrogens with zero attached hydrogens (tertiary/aromatic N) is 1. The zero-order valence-electron chi connectivity index (χ0n) is 5.77. The summed E-state index contributed by atoms with van der Waals surface area (Å²) in [5, 5.41) is 0. The third kappa shape index (κ3) is 0.644. The van der Waals surface area contributed by atoms with Gasteiger partial charge in [-0.2, -0.15) is 0 Å². The van der Waals surface area contributed by atoms with Crippen LogP contribution in [0.2, 0.25) is 0 Å². The highest BCUT2D eigenvalue weighted by molar-refractivity contribution is 5.18. The van der Waals surface area contributed by atoms with Crippen LogP contribution in [0.1, 0.15) is 25.7 Å². The van der Waals surface area contributed by atoms with Crippen LogP contribution in [-0.2, 0) is 0 Å². The lowest BCUT2D eigenvalue weighted by Gasteiger charge is -1.96. The third-order valence-corrected chi connectivity index (χ3v) is 3.06. The van der Waals surface area contributed by atoms with Crippen molar-refractivity contribution in [1.29, 1.82) is 0 Å². The summed E-state index contributed by atoms with van der Waals surface area (Å²) in [5.41, 5.74) is 0.822. The van der Waals surface area contributed by atoms with Gasteiger partial charge in [0.1, 0.15) is 0 Å². The highest BCUT2D eigenvalue weighted by Crippen LogP contribution is 2.55. The summed E-state index contributed by atoms with van der Waals surface area (Å²) in [6.07, 6.45) is 6.07. The van der Waals surface area contributed by atoms with Crippen molar-refractivity contribution in [2.75, 3.05) is 13.1 Å². The molecule has 1 heteroatoms. The number of rotatable bonds is 2. The molecule has 1 spiro atoms. The van der Waals surface area contributed by atoms with Gasteiger partial charge in [0.05, 0.1) is 0 Å². The van der Waals surface area contributed by atoms with E-state index in [4.69, 9.17) is 0 Å². The maximum atomic E-state index is 2.69. The monoisotopic (exact) mass is 123 g/mol. The molecule has 50 valence electrons. The van der Waals surface area contributed by atoms with E-state index in [-0.39, 0.29) is 0 Å². The lowest BCUT2D eigenvalue weighted by atomic mass is 10.4. The van der Waals surface area contributed by atoms with Crippen LogP contribution in [0.4, 0.5) is 0 Å². The number of hydrogen-bond donors (Lipinski definition) is 0. The molecule has 0 N–H and O–H groups in total. The number of hydrogen-bond acceptors (Lipinski definition) is 1. The minimum atomic E-state index is 0.822. The first-order valence-corrected chi connectivity index (χ1v) is 4.14.